The Balaban J connectivity index is 3.83. The molecule has 0 saturated heterocycles. The maximum atomic E-state index is 10.5. The number of rotatable bonds is 1. The summed E-state index contributed by atoms with van der Waals surface area (Å²) < 4.78 is 6.89. The zero-order chi connectivity index (χ0) is 6.57. The molecule has 0 aromatic heterocycles. The fraction of sp³-hybridized carbons (Fsp3) is 0. The minimum atomic E-state index is -0.204. The van der Waals surface area contributed by atoms with Crippen LogP contribution in [0.25, 0.3) is 0 Å². The van der Waals surface area contributed by atoms with E-state index in [4.69, 9.17) is 0 Å². The van der Waals surface area contributed by atoms with Gasteiger partial charge in [-0.05, 0) is 0 Å². The van der Waals surface area contributed by atoms with Crippen LogP contribution in [0.1, 0.15) is 0 Å². The number of halogens is 2. The van der Waals surface area contributed by atoms with Crippen LogP contribution in [0.3, 0.4) is 0 Å². The standard InChI is InChI=1S/C3H2I2O2.Tl/c4-1-2(5)3(6)7;/h1H,(H,6,7);/q;+1/p-1. The second-order valence-corrected chi connectivity index (χ2v) is 3.56. The Morgan fingerprint density at radius 2 is 2.25 bits per heavy atom. The molecule has 0 aliphatic rings. The summed E-state index contributed by atoms with van der Waals surface area (Å²) in [6, 6.07) is 0. The third kappa shape index (κ3) is 3.59. The Bertz CT molecular complexity index is 122. The molecule has 0 bridgehead atoms. The number of hydrogen-bond acceptors (Lipinski definition) is 2. The molecule has 0 rings (SSSR count). The molecule has 42 valence electrons. The molecule has 0 aliphatic heterocycles. The van der Waals surface area contributed by atoms with Crippen molar-refractivity contribution >= 4 is 77.4 Å². The molecule has 0 saturated carbocycles. The van der Waals surface area contributed by atoms with E-state index in [1.165, 1.54) is 0 Å². The van der Waals surface area contributed by atoms with Gasteiger partial charge in [0.05, 0.1) is 0 Å². The topological polar surface area (TPSA) is 26.3 Å². The van der Waals surface area contributed by atoms with E-state index in [0.29, 0.717) is 29.8 Å². The quantitative estimate of drug-likeness (QED) is 0.293. The van der Waals surface area contributed by atoms with Crippen LogP contribution in [0, 0.1) is 0 Å². The Morgan fingerprint density at radius 3 is 2.38 bits per heavy atom. The van der Waals surface area contributed by atoms with Gasteiger partial charge in [-0.3, -0.25) is 0 Å². The summed E-state index contributed by atoms with van der Waals surface area (Å²) in [7, 11) is 0. The molecule has 0 amide bonds. The third-order valence-corrected chi connectivity index (χ3v) is 3.80. The van der Waals surface area contributed by atoms with Gasteiger partial charge in [0.15, 0.2) is 0 Å². The van der Waals surface area contributed by atoms with E-state index in [1.54, 1.807) is 4.08 Å². The molecule has 0 radical (unpaired) electrons. The molecule has 0 aromatic carbocycles. The molecule has 0 atom stereocenters. The maximum absolute atomic E-state index is 10.5. The van der Waals surface area contributed by atoms with Crippen LogP contribution in [-0.4, -0.2) is 32.2 Å². The van der Waals surface area contributed by atoms with Crippen molar-refractivity contribution in [3.05, 3.63) is 7.66 Å². The Hall–Kier alpha value is 1.59. The normalized spacial score (nSPS) is 10.9. The molecular weight excluding hydrogens is 526 g/mol. The second-order valence-electron chi connectivity index (χ2n) is 0.862. The summed E-state index contributed by atoms with van der Waals surface area (Å²) in [6.45, 7) is 0. The predicted molar refractivity (Wildman–Crippen MR) is 48.0 cm³/mol. The van der Waals surface area contributed by atoms with Gasteiger partial charge in [-0.25, -0.2) is 0 Å². The Morgan fingerprint density at radius 1 is 1.75 bits per heavy atom. The van der Waals surface area contributed by atoms with E-state index in [1.807, 2.05) is 45.2 Å². The SMILES string of the molecule is O=C([O][Tl])C(I)=CI. The fourth-order valence-corrected chi connectivity index (χ4v) is 1.91. The van der Waals surface area contributed by atoms with E-state index in [-0.39, 0.29) is 5.97 Å². The number of carbonyl (C=O) groups is 1. The molecule has 0 heterocycles. The van der Waals surface area contributed by atoms with Gasteiger partial charge in [0.2, 0.25) is 0 Å². The average molecular weight is 527 g/mol. The van der Waals surface area contributed by atoms with Crippen molar-refractivity contribution in [1.82, 2.24) is 0 Å². The molecule has 0 unspecified atom stereocenters. The second kappa shape index (κ2) is 5.38. The van der Waals surface area contributed by atoms with Crippen molar-refractivity contribution in [3.8, 4) is 0 Å². The summed E-state index contributed by atoms with van der Waals surface area (Å²) >= 11 is 4.24. The molecule has 2 nitrogen and oxygen atoms in total. The zero-order valence-electron chi connectivity index (χ0n) is 3.73. The fourth-order valence-electron chi connectivity index (χ4n) is 0.101. The molecule has 8 heavy (non-hydrogen) atoms. The van der Waals surface area contributed by atoms with Crippen molar-refractivity contribution in [2.24, 2.45) is 0 Å². The Kier molecular flexibility index (Phi) is 6.45. The predicted octanol–water partition coefficient (Wildman–Crippen LogP) is 1.32. The summed E-state index contributed by atoms with van der Waals surface area (Å²) in [5, 5.41) is 0. The van der Waals surface area contributed by atoms with E-state index < -0.39 is 0 Å². The van der Waals surface area contributed by atoms with Gasteiger partial charge in [0, 0.05) is 0 Å². The van der Waals surface area contributed by atoms with E-state index in [2.05, 4.69) is 2.69 Å². The molecule has 0 N–H and O–H groups in total. The van der Waals surface area contributed by atoms with Crippen LogP contribution >= 0.6 is 45.2 Å². The van der Waals surface area contributed by atoms with Crippen LogP contribution in [0.4, 0.5) is 0 Å². The van der Waals surface area contributed by atoms with Crippen LogP contribution in [0.5, 0.6) is 0 Å². The van der Waals surface area contributed by atoms with E-state index in [9.17, 15) is 4.79 Å². The first kappa shape index (κ1) is 9.59. The van der Waals surface area contributed by atoms with Crippen molar-refractivity contribution in [2.45, 2.75) is 0 Å². The molecule has 0 aliphatic carbocycles. The van der Waals surface area contributed by atoms with Crippen LogP contribution in [0.2, 0.25) is 0 Å². The van der Waals surface area contributed by atoms with Gasteiger partial charge in [-0.2, -0.15) is 0 Å². The van der Waals surface area contributed by atoms with Gasteiger partial charge in [0.25, 0.3) is 0 Å². The summed E-state index contributed by atoms with van der Waals surface area (Å²) in [4.78, 5) is 10.5. The van der Waals surface area contributed by atoms with Crippen molar-refractivity contribution < 1.29 is 7.48 Å². The van der Waals surface area contributed by atoms with Gasteiger partial charge in [-0.15, -0.1) is 0 Å². The minimum absolute atomic E-state index is 0.204. The molecule has 5 heteroatoms. The van der Waals surface area contributed by atoms with Crippen LogP contribution in [0.15, 0.2) is 7.66 Å². The van der Waals surface area contributed by atoms with Crippen molar-refractivity contribution in [2.75, 3.05) is 0 Å². The summed E-state index contributed by atoms with van der Waals surface area (Å²) in [5.74, 6) is -0.204. The molecule has 0 aromatic rings. The molecule has 0 spiro atoms. The zero-order valence-corrected chi connectivity index (χ0v) is 12.5. The number of carbonyl (C=O) groups excluding carboxylic acids is 1. The van der Waals surface area contributed by atoms with Crippen LogP contribution in [-0.2, 0) is 7.48 Å². The van der Waals surface area contributed by atoms with Gasteiger partial charge < -0.3 is 0 Å². The number of hydrogen-bond donors (Lipinski definition) is 0. The summed E-state index contributed by atoms with van der Waals surface area (Å²) in [5.41, 5.74) is 0. The van der Waals surface area contributed by atoms with Crippen LogP contribution < -0.4 is 0 Å². The average Bonchev–Trinajstić information content (AvgIpc) is 1.84. The van der Waals surface area contributed by atoms with Crippen molar-refractivity contribution in [3.63, 3.8) is 0 Å². The Labute approximate surface area is 91.0 Å². The van der Waals surface area contributed by atoms with Gasteiger partial charge in [-0.1, -0.05) is 0 Å². The summed E-state index contributed by atoms with van der Waals surface area (Å²) in [6.07, 6.45) is 0. The first-order valence-corrected chi connectivity index (χ1v) is 5.75. The van der Waals surface area contributed by atoms with Gasteiger partial charge in [0.1, 0.15) is 0 Å². The van der Waals surface area contributed by atoms with Crippen molar-refractivity contribution in [1.29, 1.82) is 0 Å². The third-order valence-electron chi connectivity index (χ3n) is 0.398. The molecular formula is C3HI2O2Tl. The monoisotopic (exact) mass is 528 g/mol. The first-order chi connectivity index (χ1) is 3.72. The van der Waals surface area contributed by atoms with Gasteiger partial charge >= 0.3 is 92.5 Å². The molecule has 0 fully saturated rings. The van der Waals surface area contributed by atoms with E-state index in [0.717, 1.165) is 0 Å². The first-order valence-electron chi connectivity index (χ1n) is 1.59. The van der Waals surface area contributed by atoms with E-state index >= 15 is 0 Å².